The van der Waals surface area contributed by atoms with Gasteiger partial charge in [-0.1, -0.05) is 96.3 Å². The molecule has 0 heterocycles. The van der Waals surface area contributed by atoms with E-state index in [4.69, 9.17) is 0 Å². The van der Waals surface area contributed by atoms with E-state index in [1.54, 1.807) is 16.7 Å². The lowest BCUT2D eigenvalue weighted by molar-refractivity contribution is 0.301. The molecule has 1 unspecified atom stereocenters. The first-order valence-corrected chi connectivity index (χ1v) is 12.9. The summed E-state index contributed by atoms with van der Waals surface area (Å²) in [7, 11) is 0. The second kappa shape index (κ2) is 12.0. The maximum absolute atomic E-state index is 2.62. The van der Waals surface area contributed by atoms with Gasteiger partial charge in [0.15, 0.2) is 0 Å². The van der Waals surface area contributed by atoms with E-state index in [1.165, 1.54) is 109 Å². The van der Waals surface area contributed by atoms with Crippen molar-refractivity contribution >= 4 is 0 Å². The van der Waals surface area contributed by atoms with Crippen LogP contribution in [0.25, 0.3) is 0 Å². The van der Waals surface area contributed by atoms with Gasteiger partial charge in [0.1, 0.15) is 0 Å². The van der Waals surface area contributed by atoms with Crippen LogP contribution in [0, 0.1) is 11.8 Å². The van der Waals surface area contributed by atoms with Crippen molar-refractivity contribution in [1.82, 2.24) is 0 Å². The van der Waals surface area contributed by atoms with Crippen molar-refractivity contribution < 1.29 is 0 Å². The molecular formula is C28H46. The summed E-state index contributed by atoms with van der Waals surface area (Å²) in [6, 6.07) is 7.63. The number of fused-ring (bicyclic) bond motifs is 1. The van der Waals surface area contributed by atoms with Crippen LogP contribution in [-0.4, -0.2) is 0 Å². The first-order valence-electron chi connectivity index (χ1n) is 12.9. The largest absolute Gasteiger partial charge is 0.0654 e. The van der Waals surface area contributed by atoms with Gasteiger partial charge in [0.05, 0.1) is 0 Å². The van der Waals surface area contributed by atoms with Gasteiger partial charge >= 0.3 is 0 Å². The van der Waals surface area contributed by atoms with Crippen LogP contribution >= 0.6 is 0 Å². The summed E-state index contributed by atoms with van der Waals surface area (Å²) in [5, 5.41) is 0. The summed E-state index contributed by atoms with van der Waals surface area (Å²) in [6.45, 7) is 4.63. The Hall–Kier alpha value is -0.780. The summed E-state index contributed by atoms with van der Waals surface area (Å²) in [5.41, 5.74) is 5.05. The Labute approximate surface area is 175 Å². The first-order chi connectivity index (χ1) is 13.8. The van der Waals surface area contributed by atoms with Crippen LogP contribution in [0.4, 0.5) is 0 Å². The zero-order chi connectivity index (χ0) is 19.6. The highest BCUT2D eigenvalue weighted by Gasteiger charge is 2.24. The SMILES string of the molecule is CCCCCCCC1CCC(c2ccc3c(c2)CCC(CCCCC)C3)CC1. The molecule has 1 saturated carbocycles. The van der Waals surface area contributed by atoms with Crippen LogP contribution in [0.1, 0.15) is 133 Å². The van der Waals surface area contributed by atoms with E-state index < -0.39 is 0 Å². The Morgan fingerprint density at radius 2 is 1.36 bits per heavy atom. The standard InChI is InChI=1S/C28H46/c1-3-5-7-8-10-11-23-13-16-25(17-14-23)27-20-19-26-21-24(12-9-6-4-2)15-18-28(26)22-27/h19-20,22-25H,3-18,21H2,1-2H3. The minimum absolute atomic E-state index is 0.851. The van der Waals surface area contributed by atoms with E-state index in [1.807, 2.05) is 0 Å². The van der Waals surface area contributed by atoms with Crippen molar-refractivity contribution in [2.75, 3.05) is 0 Å². The third-order valence-corrected chi connectivity index (χ3v) is 7.81. The number of rotatable bonds is 11. The fraction of sp³-hybridized carbons (Fsp3) is 0.786. The van der Waals surface area contributed by atoms with Crippen LogP contribution in [-0.2, 0) is 12.8 Å². The van der Waals surface area contributed by atoms with Gasteiger partial charge in [-0.05, 0) is 79.4 Å². The monoisotopic (exact) mass is 382 g/mol. The molecule has 0 bridgehead atoms. The Morgan fingerprint density at radius 3 is 2.14 bits per heavy atom. The zero-order valence-corrected chi connectivity index (χ0v) is 19.0. The van der Waals surface area contributed by atoms with Crippen molar-refractivity contribution in [2.45, 2.75) is 129 Å². The van der Waals surface area contributed by atoms with Crippen LogP contribution < -0.4 is 0 Å². The van der Waals surface area contributed by atoms with Crippen molar-refractivity contribution in [3.8, 4) is 0 Å². The molecular weight excluding hydrogens is 336 g/mol. The van der Waals surface area contributed by atoms with Gasteiger partial charge in [-0.25, -0.2) is 0 Å². The fourth-order valence-electron chi connectivity index (χ4n) is 5.85. The molecule has 0 amide bonds. The molecule has 158 valence electrons. The molecule has 2 aliphatic rings. The molecule has 0 spiro atoms. The molecule has 0 heteroatoms. The summed E-state index contributed by atoms with van der Waals surface area (Å²) in [4.78, 5) is 0. The molecule has 0 saturated heterocycles. The lowest BCUT2D eigenvalue weighted by Gasteiger charge is -2.30. The molecule has 1 aromatic carbocycles. The highest BCUT2D eigenvalue weighted by molar-refractivity contribution is 5.36. The van der Waals surface area contributed by atoms with Gasteiger partial charge in [-0.3, -0.25) is 0 Å². The van der Waals surface area contributed by atoms with Gasteiger partial charge in [-0.15, -0.1) is 0 Å². The highest BCUT2D eigenvalue weighted by Crippen LogP contribution is 2.39. The Bertz CT molecular complexity index is 549. The van der Waals surface area contributed by atoms with Gasteiger partial charge in [0.25, 0.3) is 0 Å². The maximum atomic E-state index is 2.62. The summed E-state index contributed by atoms with van der Waals surface area (Å²) >= 11 is 0. The highest BCUT2D eigenvalue weighted by atomic mass is 14.3. The Morgan fingerprint density at radius 1 is 0.679 bits per heavy atom. The first kappa shape index (κ1) is 21.9. The number of benzene rings is 1. The molecule has 1 atom stereocenters. The molecule has 0 N–H and O–H groups in total. The predicted octanol–water partition coefficient (Wildman–Crippen LogP) is 9.01. The van der Waals surface area contributed by atoms with Crippen molar-refractivity contribution in [1.29, 1.82) is 0 Å². The van der Waals surface area contributed by atoms with E-state index in [9.17, 15) is 0 Å². The Balaban J connectivity index is 1.42. The topological polar surface area (TPSA) is 0 Å². The van der Waals surface area contributed by atoms with Crippen molar-refractivity contribution in [3.63, 3.8) is 0 Å². The van der Waals surface area contributed by atoms with Gasteiger partial charge in [0.2, 0.25) is 0 Å². The third kappa shape index (κ3) is 6.64. The quantitative estimate of drug-likeness (QED) is 0.335. The summed E-state index contributed by atoms with van der Waals surface area (Å²) < 4.78 is 0. The van der Waals surface area contributed by atoms with E-state index in [0.29, 0.717) is 0 Å². The average Bonchev–Trinajstić information content (AvgIpc) is 2.74. The smallest absolute Gasteiger partial charge is 0.0162 e. The van der Waals surface area contributed by atoms with Crippen LogP contribution in [0.2, 0.25) is 0 Å². The fourth-order valence-corrected chi connectivity index (χ4v) is 5.85. The number of unbranched alkanes of at least 4 members (excludes halogenated alkanes) is 6. The van der Waals surface area contributed by atoms with Gasteiger partial charge in [-0.2, -0.15) is 0 Å². The molecule has 0 nitrogen and oxygen atoms in total. The van der Waals surface area contributed by atoms with Crippen LogP contribution in [0.3, 0.4) is 0 Å². The van der Waals surface area contributed by atoms with Crippen LogP contribution in [0.5, 0.6) is 0 Å². The maximum Gasteiger partial charge on any atom is -0.0162 e. The summed E-state index contributed by atoms with van der Waals surface area (Å²) in [6.07, 6.45) is 24.4. The molecule has 28 heavy (non-hydrogen) atoms. The van der Waals surface area contributed by atoms with E-state index >= 15 is 0 Å². The third-order valence-electron chi connectivity index (χ3n) is 7.81. The van der Waals surface area contributed by atoms with Crippen molar-refractivity contribution in [2.24, 2.45) is 11.8 Å². The van der Waals surface area contributed by atoms with E-state index in [-0.39, 0.29) is 0 Å². The molecule has 1 fully saturated rings. The minimum Gasteiger partial charge on any atom is -0.0654 e. The lowest BCUT2D eigenvalue weighted by atomic mass is 9.75. The van der Waals surface area contributed by atoms with E-state index in [0.717, 1.165) is 17.8 Å². The predicted molar refractivity (Wildman–Crippen MR) is 124 cm³/mol. The minimum atomic E-state index is 0.851. The van der Waals surface area contributed by atoms with E-state index in [2.05, 4.69) is 32.0 Å². The normalized spacial score (nSPS) is 24.9. The second-order valence-corrected chi connectivity index (χ2v) is 10.1. The van der Waals surface area contributed by atoms with Crippen LogP contribution in [0.15, 0.2) is 18.2 Å². The second-order valence-electron chi connectivity index (χ2n) is 10.1. The molecule has 3 rings (SSSR count). The zero-order valence-electron chi connectivity index (χ0n) is 19.0. The molecule has 0 aliphatic heterocycles. The number of hydrogen-bond acceptors (Lipinski definition) is 0. The molecule has 0 aromatic heterocycles. The van der Waals surface area contributed by atoms with Crippen molar-refractivity contribution in [3.05, 3.63) is 34.9 Å². The Kier molecular flexibility index (Phi) is 9.42. The number of hydrogen-bond donors (Lipinski definition) is 0. The molecule has 2 aliphatic carbocycles. The average molecular weight is 383 g/mol. The lowest BCUT2D eigenvalue weighted by Crippen LogP contribution is -2.16. The molecule has 0 radical (unpaired) electrons. The van der Waals surface area contributed by atoms with Gasteiger partial charge < -0.3 is 0 Å². The number of aryl methyl sites for hydroxylation is 1. The summed E-state index contributed by atoms with van der Waals surface area (Å²) in [5.74, 6) is 2.83. The molecule has 1 aromatic rings. The van der Waals surface area contributed by atoms with Gasteiger partial charge in [0, 0.05) is 0 Å².